The van der Waals surface area contributed by atoms with E-state index in [1.807, 2.05) is 6.26 Å². The zero-order valence-corrected chi connectivity index (χ0v) is 13.3. The van der Waals surface area contributed by atoms with Crippen LogP contribution in [0.5, 0.6) is 0 Å². The van der Waals surface area contributed by atoms with E-state index in [9.17, 15) is 17.6 Å². The van der Waals surface area contributed by atoms with Crippen LogP contribution < -0.4 is 0 Å². The Morgan fingerprint density at radius 3 is 2.43 bits per heavy atom. The Labute approximate surface area is 128 Å². The van der Waals surface area contributed by atoms with Gasteiger partial charge in [0.15, 0.2) is 0 Å². The molecule has 1 aliphatic rings. The van der Waals surface area contributed by atoms with Crippen LogP contribution in [-0.2, 0) is 14.8 Å². The molecule has 0 unspecified atom stereocenters. The van der Waals surface area contributed by atoms with E-state index < -0.39 is 15.8 Å². The molecule has 0 atom stereocenters. The van der Waals surface area contributed by atoms with Gasteiger partial charge in [0.1, 0.15) is 10.7 Å². The number of rotatable bonds is 4. The lowest BCUT2D eigenvalue weighted by atomic mass is 10.3. The number of piperazine rings is 1. The summed E-state index contributed by atoms with van der Waals surface area (Å²) in [6.07, 6.45) is 1.84. The Kier molecular flexibility index (Phi) is 5.23. The van der Waals surface area contributed by atoms with Crippen molar-refractivity contribution >= 4 is 27.7 Å². The fraction of sp³-hybridized carbons (Fsp3) is 0.462. The first-order chi connectivity index (χ1) is 9.96. The highest BCUT2D eigenvalue weighted by Gasteiger charge is 2.31. The van der Waals surface area contributed by atoms with Crippen LogP contribution >= 0.6 is 11.8 Å². The molecule has 1 heterocycles. The number of thioether (sulfide) groups is 1. The minimum absolute atomic E-state index is 0.00504. The van der Waals surface area contributed by atoms with Gasteiger partial charge in [-0.05, 0) is 18.4 Å². The number of hydrogen-bond donors (Lipinski definition) is 0. The van der Waals surface area contributed by atoms with Crippen LogP contribution in [0.3, 0.4) is 0 Å². The normalized spacial score (nSPS) is 17.0. The second-order valence-corrected chi connectivity index (χ2v) is 7.42. The van der Waals surface area contributed by atoms with Crippen molar-refractivity contribution < 1.29 is 17.6 Å². The summed E-state index contributed by atoms with van der Waals surface area (Å²) in [5.74, 6) is -0.358. The number of carbonyl (C=O) groups excluding carboxylic acids is 1. The van der Waals surface area contributed by atoms with Crippen LogP contribution in [-0.4, -0.2) is 61.7 Å². The molecule has 0 N–H and O–H groups in total. The Morgan fingerprint density at radius 2 is 1.86 bits per heavy atom. The molecule has 1 saturated heterocycles. The third-order valence-corrected chi connectivity index (χ3v) is 5.78. The lowest BCUT2D eigenvalue weighted by molar-refractivity contribution is -0.129. The molecule has 0 spiro atoms. The first-order valence-electron chi connectivity index (χ1n) is 6.48. The number of benzene rings is 1. The largest absolute Gasteiger partial charge is 0.339 e. The van der Waals surface area contributed by atoms with E-state index in [2.05, 4.69) is 0 Å². The Morgan fingerprint density at radius 1 is 1.24 bits per heavy atom. The first kappa shape index (κ1) is 16.3. The zero-order chi connectivity index (χ0) is 15.5. The number of sulfonamides is 1. The number of nitrogens with zero attached hydrogens (tertiary/aromatic N) is 2. The van der Waals surface area contributed by atoms with Crippen LogP contribution in [0.15, 0.2) is 29.2 Å². The van der Waals surface area contributed by atoms with Gasteiger partial charge in [0.05, 0.1) is 5.75 Å². The second-order valence-electron chi connectivity index (χ2n) is 4.65. The van der Waals surface area contributed by atoms with Gasteiger partial charge in [-0.15, -0.1) is 0 Å². The molecular formula is C13H17FN2O3S2. The molecule has 1 aromatic rings. The molecule has 21 heavy (non-hydrogen) atoms. The average molecular weight is 332 g/mol. The molecule has 1 amide bonds. The van der Waals surface area contributed by atoms with Gasteiger partial charge < -0.3 is 4.90 Å². The van der Waals surface area contributed by atoms with Crippen LogP contribution in [0.25, 0.3) is 0 Å². The fourth-order valence-electron chi connectivity index (χ4n) is 2.19. The molecule has 0 saturated carbocycles. The lowest BCUT2D eigenvalue weighted by Crippen LogP contribution is -2.51. The van der Waals surface area contributed by atoms with E-state index in [0.29, 0.717) is 18.8 Å². The van der Waals surface area contributed by atoms with Crippen molar-refractivity contribution in [1.82, 2.24) is 9.21 Å². The Balaban J connectivity index is 2.08. The number of carbonyl (C=O) groups is 1. The summed E-state index contributed by atoms with van der Waals surface area (Å²) in [5, 5.41) is 0. The molecule has 0 aliphatic carbocycles. The highest BCUT2D eigenvalue weighted by molar-refractivity contribution is 7.99. The molecule has 2 rings (SSSR count). The summed E-state index contributed by atoms with van der Waals surface area (Å²) < 4.78 is 39.7. The second kappa shape index (κ2) is 6.76. The fourth-order valence-corrected chi connectivity index (χ4v) is 4.10. The van der Waals surface area contributed by atoms with E-state index in [-0.39, 0.29) is 23.9 Å². The van der Waals surface area contributed by atoms with Gasteiger partial charge >= 0.3 is 0 Å². The predicted octanol–water partition coefficient (Wildman–Crippen LogP) is 1.02. The summed E-state index contributed by atoms with van der Waals surface area (Å²) in [5.41, 5.74) is 0. The maximum absolute atomic E-state index is 13.7. The standard InChI is InChI=1S/C13H17FN2O3S2/c1-20-10-13(17)15-6-8-16(9-7-15)21(18,19)12-5-3-2-4-11(12)14/h2-5H,6-10H2,1H3. The van der Waals surface area contributed by atoms with Crippen molar-refractivity contribution in [3.05, 3.63) is 30.1 Å². The lowest BCUT2D eigenvalue weighted by Gasteiger charge is -2.34. The molecule has 1 fully saturated rings. The minimum atomic E-state index is -3.84. The highest BCUT2D eigenvalue weighted by Crippen LogP contribution is 2.20. The summed E-state index contributed by atoms with van der Waals surface area (Å²) in [6, 6.07) is 5.34. The van der Waals surface area contributed by atoms with Gasteiger partial charge in [0.25, 0.3) is 0 Å². The topological polar surface area (TPSA) is 57.7 Å². The van der Waals surface area contributed by atoms with Crippen molar-refractivity contribution in [3.8, 4) is 0 Å². The van der Waals surface area contributed by atoms with Gasteiger partial charge in [-0.1, -0.05) is 12.1 Å². The van der Waals surface area contributed by atoms with E-state index in [0.717, 1.165) is 6.07 Å². The van der Waals surface area contributed by atoms with E-state index in [1.165, 1.54) is 34.3 Å². The van der Waals surface area contributed by atoms with Crippen LogP contribution in [0.4, 0.5) is 4.39 Å². The summed E-state index contributed by atoms with van der Waals surface area (Å²) >= 11 is 1.44. The van der Waals surface area contributed by atoms with E-state index in [1.54, 1.807) is 4.90 Å². The molecule has 0 radical (unpaired) electrons. The van der Waals surface area contributed by atoms with Gasteiger partial charge in [-0.25, -0.2) is 12.8 Å². The predicted molar refractivity (Wildman–Crippen MR) is 80.1 cm³/mol. The molecule has 1 aromatic carbocycles. The number of amides is 1. The Bertz CT molecular complexity index is 614. The van der Waals surface area contributed by atoms with Crippen molar-refractivity contribution in [2.45, 2.75) is 4.90 Å². The summed E-state index contributed by atoms with van der Waals surface area (Å²) in [7, 11) is -3.84. The first-order valence-corrected chi connectivity index (χ1v) is 9.31. The number of hydrogen-bond acceptors (Lipinski definition) is 4. The van der Waals surface area contributed by atoms with Gasteiger partial charge in [0.2, 0.25) is 15.9 Å². The van der Waals surface area contributed by atoms with Crippen molar-refractivity contribution in [3.63, 3.8) is 0 Å². The molecule has 0 bridgehead atoms. The quantitative estimate of drug-likeness (QED) is 0.826. The summed E-state index contributed by atoms with van der Waals surface area (Å²) in [6.45, 7) is 1.06. The molecular weight excluding hydrogens is 315 g/mol. The molecule has 1 aliphatic heterocycles. The minimum Gasteiger partial charge on any atom is -0.339 e. The van der Waals surface area contributed by atoms with Crippen LogP contribution in [0.1, 0.15) is 0 Å². The van der Waals surface area contributed by atoms with Crippen molar-refractivity contribution in [2.24, 2.45) is 0 Å². The van der Waals surface area contributed by atoms with Crippen molar-refractivity contribution in [2.75, 3.05) is 38.2 Å². The maximum atomic E-state index is 13.7. The summed E-state index contributed by atoms with van der Waals surface area (Å²) in [4.78, 5) is 13.1. The zero-order valence-electron chi connectivity index (χ0n) is 11.7. The molecule has 8 heteroatoms. The number of halogens is 1. The smallest absolute Gasteiger partial charge is 0.246 e. The third-order valence-electron chi connectivity index (χ3n) is 3.31. The Hall–Kier alpha value is -1.12. The van der Waals surface area contributed by atoms with Gasteiger partial charge in [-0.2, -0.15) is 16.1 Å². The van der Waals surface area contributed by atoms with Gasteiger partial charge in [-0.3, -0.25) is 4.79 Å². The highest BCUT2D eigenvalue weighted by atomic mass is 32.2. The third kappa shape index (κ3) is 3.56. The molecule has 5 nitrogen and oxygen atoms in total. The monoisotopic (exact) mass is 332 g/mol. The molecule has 116 valence electrons. The molecule has 0 aromatic heterocycles. The average Bonchev–Trinajstić information content (AvgIpc) is 2.48. The SMILES string of the molecule is CSCC(=O)N1CCN(S(=O)(=O)c2ccccc2F)CC1. The van der Waals surface area contributed by atoms with E-state index in [4.69, 9.17) is 0 Å². The van der Waals surface area contributed by atoms with E-state index >= 15 is 0 Å². The van der Waals surface area contributed by atoms with Gasteiger partial charge in [0, 0.05) is 26.2 Å². The maximum Gasteiger partial charge on any atom is 0.246 e. The van der Waals surface area contributed by atoms with Crippen LogP contribution in [0.2, 0.25) is 0 Å². The van der Waals surface area contributed by atoms with Crippen molar-refractivity contribution in [1.29, 1.82) is 0 Å². The van der Waals surface area contributed by atoms with Crippen LogP contribution in [0, 0.1) is 5.82 Å².